The lowest BCUT2D eigenvalue weighted by atomic mass is 10.1. The molecule has 0 saturated carbocycles. The molecule has 0 aliphatic heterocycles. The molecule has 0 aromatic heterocycles. The van der Waals surface area contributed by atoms with Crippen LogP contribution >= 0.6 is 11.6 Å². The molecule has 0 aliphatic carbocycles. The van der Waals surface area contributed by atoms with Crippen molar-refractivity contribution >= 4 is 17.7 Å². The van der Waals surface area contributed by atoms with E-state index in [0.29, 0.717) is 5.56 Å². The fourth-order valence-corrected chi connectivity index (χ4v) is 1.03. The van der Waals surface area contributed by atoms with Crippen molar-refractivity contribution in [3.8, 4) is 6.07 Å². The molecule has 1 unspecified atom stereocenters. The number of nitriles is 1. The van der Waals surface area contributed by atoms with E-state index in [1.807, 2.05) is 37.3 Å². The highest BCUT2D eigenvalue weighted by Gasteiger charge is 1.91. The fraction of sp³-hybridized carbons (Fsp3) is 0.182. The molecule has 0 amide bonds. The van der Waals surface area contributed by atoms with Crippen molar-refractivity contribution in [3.63, 3.8) is 0 Å². The zero-order chi connectivity index (χ0) is 9.68. The summed E-state index contributed by atoms with van der Waals surface area (Å²) >= 11 is 5.75. The number of nitrogens with zero attached hydrogens (tertiary/aromatic N) is 1. The van der Waals surface area contributed by atoms with Gasteiger partial charge in [-0.05, 0) is 24.6 Å². The van der Waals surface area contributed by atoms with Crippen molar-refractivity contribution in [2.24, 2.45) is 0 Å². The molecule has 0 spiro atoms. The Morgan fingerprint density at radius 3 is 2.92 bits per heavy atom. The largest absolute Gasteiger partial charge is 0.192 e. The summed E-state index contributed by atoms with van der Waals surface area (Å²) in [5.74, 6) is 0. The molecule has 0 N–H and O–H groups in total. The molecular weight excluding hydrogens is 182 g/mol. The lowest BCUT2D eigenvalue weighted by Gasteiger charge is -1.94. The zero-order valence-electron chi connectivity index (χ0n) is 7.37. The van der Waals surface area contributed by atoms with Gasteiger partial charge in [0, 0.05) is 5.38 Å². The first-order valence-electron chi connectivity index (χ1n) is 4.05. The quantitative estimate of drug-likeness (QED) is 0.659. The Kier molecular flexibility index (Phi) is 3.54. The van der Waals surface area contributed by atoms with E-state index in [1.54, 1.807) is 6.07 Å². The number of benzene rings is 1. The van der Waals surface area contributed by atoms with Gasteiger partial charge in [-0.1, -0.05) is 24.3 Å². The van der Waals surface area contributed by atoms with Crippen LogP contribution < -0.4 is 0 Å². The smallest absolute Gasteiger partial charge is 0.0991 e. The third kappa shape index (κ3) is 3.31. The molecule has 1 atom stereocenters. The van der Waals surface area contributed by atoms with E-state index in [0.717, 1.165) is 5.56 Å². The molecule has 2 heteroatoms. The maximum absolute atomic E-state index is 8.64. The molecule has 1 aromatic rings. The van der Waals surface area contributed by atoms with Crippen LogP contribution in [0.2, 0.25) is 0 Å². The van der Waals surface area contributed by atoms with Crippen molar-refractivity contribution in [1.82, 2.24) is 0 Å². The lowest BCUT2D eigenvalue weighted by molar-refractivity contribution is 1.24. The summed E-state index contributed by atoms with van der Waals surface area (Å²) in [6.45, 7) is 1.90. The summed E-state index contributed by atoms with van der Waals surface area (Å²) in [6.07, 6.45) is 3.80. The predicted molar refractivity (Wildman–Crippen MR) is 55.5 cm³/mol. The van der Waals surface area contributed by atoms with E-state index in [4.69, 9.17) is 16.9 Å². The Morgan fingerprint density at radius 1 is 1.54 bits per heavy atom. The van der Waals surface area contributed by atoms with E-state index in [2.05, 4.69) is 6.07 Å². The summed E-state index contributed by atoms with van der Waals surface area (Å²) < 4.78 is 0. The minimum absolute atomic E-state index is 0.0192. The normalized spacial score (nSPS) is 12.7. The third-order valence-electron chi connectivity index (χ3n) is 1.57. The van der Waals surface area contributed by atoms with Gasteiger partial charge in [0.2, 0.25) is 0 Å². The molecule has 0 bridgehead atoms. The minimum atomic E-state index is 0.0192. The SMILES string of the molecule is CC(Cl)/C=C/c1cccc(C#N)c1. The Labute approximate surface area is 83.3 Å². The second-order valence-electron chi connectivity index (χ2n) is 2.77. The summed E-state index contributed by atoms with van der Waals surface area (Å²) in [5.41, 5.74) is 1.68. The van der Waals surface area contributed by atoms with E-state index in [9.17, 15) is 0 Å². The molecule has 0 fully saturated rings. The average Bonchev–Trinajstić information content (AvgIpc) is 2.15. The fourth-order valence-electron chi connectivity index (χ4n) is 0.956. The van der Waals surface area contributed by atoms with Crippen molar-refractivity contribution < 1.29 is 0 Å². The molecule has 1 aromatic carbocycles. The Balaban J connectivity index is 2.85. The van der Waals surface area contributed by atoms with Crippen molar-refractivity contribution in [2.75, 3.05) is 0 Å². The first-order chi connectivity index (χ1) is 6.22. The van der Waals surface area contributed by atoms with Crippen LogP contribution in [0.15, 0.2) is 30.3 Å². The average molecular weight is 192 g/mol. The first-order valence-corrected chi connectivity index (χ1v) is 4.48. The molecule has 1 rings (SSSR count). The monoisotopic (exact) mass is 191 g/mol. The molecule has 0 aliphatic rings. The van der Waals surface area contributed by atoms with Gasteiger partial charge >= 0.3 is 0 Å². The van der Waals surface area contributed by atoms with E-state index in [1.165, 1.54) is 0 Å². The van der Waals surface area contributed by atoms with Gasteiger partial charge in [0.15, 0.2) is 0 Å². The number of allylic oxidation sites excluding steroid dienone is 1. The highest BCUT2D eigenvalue weighted by Crippen LogP contribution is 2.07. The Morgan fingerprint density at radius 2 is 2.31 bits per heavy atom. The van der Waals surface area contributed by atoms with Crippen molar-refractivity contribution in [2.45, 2.75) is 12.3 Å². The van der Waals surface area contributed by atoms with Gasteiger partial charge in [0.1, 0.15) is 0 Å². The number of hydrogen-bond donors (Lipinski definition) is 0. The van der Waals surface area contributed by atoms with Crippen molar-refractivity contribution in [3.05, 3.63) is 41.5 Å². The number of hydrogen-bond acceptors (Lipinski definition) is 1. The molecule has 0 saturated heterocycles. The Bertz CT molecular complexity index is 347. The summed E-state index contributed by atoms with van der Waals surface area (Å²) in [7, 11) is 0. The Hall–Kier alpha value is -1.26. The molecule has 0 heterocycles. The van der Waals surface area contributed by atoms with Gasteiger partial charge in [-0.15, -0.1) is 11.6 Å². The van der Waals surface area contributed by atoms with Crippen LogP contribution in [0.5, 0.6) is 0 Å². The maximum Gasteiger partial charge on any atom is 0.0991 e. The number of halogens is 1. The highest BCUT2D eigenvalue weighted by atomic mass is 35.5. The second kappa shape index (κ2) is 4.69. The molecular formula is C11H10ClN. The summed E-state index contributed by atoms with van der Waals surface area (Å²) in [4.78, 5) is 0. The van der Waals surface area contributed by atoms with Crippen LogP contribution in [0.4, 0.5) is 0 Å². The first kappa shape index (κ1) is 9.83. The zero-order valence-corrected chi connectivity index (χ0v) is 8.12. The van der Waals surface area contributed by atoms with E-state index < -0.39 is 0 Å². The van der Waals surface area contributed by atoms with Gasteiger partial charge in [0.25, 0.3) is 0 Å². The second-order valence-corrected chi connectivity index (χ2v) is 3.46. The van der Waals surface area contributed by atoms with Gasteiger partial charge in [0.05, 0.1) is 11.6 Å². The maximum atomic E-state index is 8.64. The van der Waals surface area contributed by atoms with Crippen molar-refractivity contribution in [1.29, 1.82) is 5.26 Å². The third-order valence-corrected chi connectivity index (χ3v) is 1.72. The number of rotatable bonds is 2. The lowest BCUT2D eigenvalue weighted by Crippen LogP contribution is -1.81. The highest BCUT2D eigenvalue weighted by molar-refractivity contribution is 6.21. The van der Waals surface area contributed by atoms with Crippen LogP contribution in [-0.4, -0.2) is 5.38 Å². The van der Waals surface area contributed by atoms with Crippen LogP contribution in [-0.2, 0) is 0 Å². The molecule has 66 valence electrons. The van der Waals surface area contributed by atoms with Gasteiger partial charge < -0.3 is 0 Å². The van der Waals surface area contributed by atoms with Crippen LogP contribution in [0, 0.1) is 11.3 Å². The topological polar surface area (TPSA) is 23.8 Å². The van der Waals surface area contributed by atoms with E-state index >= 15 is 0 Å². The standard InChI is InChI=1S/C11H10ClN/c1-9(12)5-6-10-3-2-4-11(7-10)8-13/h2-7,9H,1H3/b6-5+. The van der Waals surface area contributed by atoms with Crippen LogP contribution in [0.3, 0.4) is 0 Å². The summed E-state index contributed by atoms with van der Waals surface area (Å²) in [5, 5.41) is 8.66. The molecule has 1 nitrogen and oxygen atoms in total. The van der Waals surface area contributed by atoms with Gasteiger partial charge in [-0.2, -0.15) is 5.26 Å². The number of alkyl halides is 1. The summed E-state index contributed by atoms with van der Waals surface area (Å²) in [6, 6.07) is 9.50. The molecule has 13 heavy (non-hydrogen) atoms. The minimum Gasteiger partial charge on any atom is -0.192 e. The predicted octanol–water partition coefficient (Wildman–Crippen LogP) is 3.20. The van der Waals surface area contributed by atoms with Gasteiger partial charge in [-0.3, -0.25) is 0 Å². The van der Waals surface area contributed by atoms with E-state index in [-0.39, 0.29) is 5.38 Å². The van der Waals surface area contributed by atoms with Crippen LogP contribution in [0.1, 0.15) is 18.1 Å². The van der Waals surface area contributed by atoms with Gasteiger partial charge in [-0.25, -0.2) is 0 Å². The van der Waals surface area contributed by atoms with Crippen LogP contribution in [0.25, 0.3) is 6.08 Å². The molecule has 0 radical (unpaired) electrons.